The van der Waals surface area contributed by atoms with Crippen molar-refractivity contribution in [3.63, 3.8) is 0 Å². The average molecular weight is 355 g/mol. The summed E-state index contributed by atoms with van der Waals surface area (Å²) in [5, 5.41) is 14.0. The van der Waals surface area contributed by atoms with E-state index >= 15 is 0 Å². The zero-order valence-electron chi connectivity index (χ0n) is 15.0. The molecule has 4 aromatic heterocycles. The van der Waals surface area contributed by atoms with Crippen LogP contribution in [0.5, 0.6) is 0 Å². The van der Waals surface area contributed by atoms with E-state index in [1.54, 1.807) is 23.3 Å². The third kappa shape index (κ3) is 2.73. The van der Waals surface area contributed by atoms with Crippen LogP contribution in [0.2, 0.25) is 0 Å². The van der Waals surface area contributed by atoms with Gasteiger partial charge in [0.25, 0.3) is 0 Å². The van der Waals surface area contributed by atoms with Gasteiger partial charge in [-0.15, -0.1) is 0 Å². The minimum absolute atomic E-state index is 0.205. The second kappa shape index (κ2) is 6.42. The number of nitriles is 1. The molecule has 27 heavy (non-hydrogen) atoms. The van der Waals surface area contributed by atoms with Crippen LogP contribution in [0.1, 0.15) is 11.1 Å². The van der Waals surface area contributed by atoms with Crippen LogP contribution in [-0.2, 0) is 7.05 Å². The maximum atomic E-state index is 9.74. The van der Waals surface area contributed by atoms with Crippen LogP contribution < -0.4 is 5.73 Å². The average Bonchev–Trinajstić information content (AvgIpc) is 3.32. The van der Waals surface area contributed by atoms with Crippen LogP contribution in [0.3, 0.4) is 0 Å². The van der Waals surface area contributed by atoms with E-state index in [0.717, 1.165) is 28.1 Å². The topological polar surface area (TPSA) is 98.3 Å². The SMILES string of the molecule is Cc1c(-c2cnn(C)c2)nc(N)c(C#N)c1-c1cccn1-c1cccnc1. The second-order valence-corrected chi connectivity index (χ2v) is 6.21. The number of nitrogen functional groups attached to an aromatic ring is 1. The van der Waals surface area contributed by atoms with Gasteiger partial charge in [0.15, 0.2) is 0 Å². The summed E-state index contributed by atoms with van der Waals surface area (Å²) in [6.45, 7) is 1.95. The molecule has 0 unspecified atom stereocenters. The van der Waals surface area contributed by atoms with Gasteiger partial charge in [-0.05, 0) is 36.8 Å². The molecule has 0 radical (unpaired) electrons. The largest absolute Gasteiger partial charge is 0.383 e. The Morgan fingerprint density at radius 3 is 2.70 bits per heavy atom. The van der Waals surface area contributed by atoms with Gasteiger partial charge in [-0.2, -0.15) is 10.4 Å². The minimum Gasteiger partial charge on any atom is -0.383 e. The van der Waals surface area contributed by atoms with Gasteiger partial charge in [-0.25, -0.2) is 4.98 Å². The number of hydrogen-bond acceptors (Lipinski definition) is 5. The first-order chi connectivity index (χ1) is 13.1. The highest BCUT2D eigenvalue weighted by atomic mass is 15.2. The van der Waals surface area contributed by atoms with Crippen LogP contribution in [0.4, 0.5) is 5.82 Å². The Hall–Kier alpha value is -3.92. The zero-order chi connectivity index (χ0) is 19.0. The van der Waals surface area contributed by atoms with Gasteiger partial charge in [0.2, 0.25) is 0 Å². The standard InChI is InChI=1S/C20H17N7/c1-13-18(17-6-4-8-27(17)15-5-3-7-23-11-15)16(9-21)20(22)25-19(13)14-10-24-26(2)12-14/h3-8,10-12H,1-2H3,(H2,22,25). The predicted octanol–water partition coefficient (Wildman–Crippen LogP) is 3.10. The maximum Gasteiger partial charge on any atom is 0.142 e. The number of aryl methyl sites for hydroxylation is 1. The second-order valence-electron chi connectivity index (χ2n) is 6.21. The molecule has 0 amide bonds. The molecule has 0 aliphatic rings. The molecule has 0 aliphatic carbocycles. The number of aromatic nitrogens is 5. The summed E-state index contributed by atoms with van der Waals surface area (Å²) >= 11 is 0. The van der Waals surface area contributed by atoms with Gasteiger partial charge in [0.05, 0.1) is 29.5 Å². The normalized spacial score (nSPS) is 10.7. The van der Waals surface area contributed by atoms with Crippen molar-refractivity contribution in [2.45, 2.75) is 6.92 Å². The first-order valence-corrected chi connectivity index (χ1v) is 8.37. The van der Waals surface area contributed by atoms with Gasteiger partial charge >= 0.3 is 0 Å². The zero-order valence-corrected chi connectivity index (χ0v) is 15.0. The van der Waals surface area contributed by atoms with Gasteiger partial charge in [0, 0.05) is 36.8 Å². The fourth-order valence-electron chi connectivity index (χ4n) is 3.26. The van der Waals surface area contributed by atoms with E-state index < -0.39 is 0 Å². The molecular formula is C20H17N7. The van der Waals surface area contributed by atoms with Gasteiger partial charge in [-0.1, -0.05) is 0 Å². The molecule has 4 rings (SSSR count). The van der Waals surface area contributed by atoms with Crippen molar-refractivity contribution in [3.05, 3.63) is 66.4 Å². The molecular weight excluding hydrogens is 338 g/mol. The summed E-state index contributed by atoms with van der Waals surface area (Å²) in [4.78, 5) is 8.67. The Labute approximate surface area is 156 Å². The van der Waals surface area contributed by atoms with Gasteiger partial charge < -0.3 is 10.3 Å². The highest BCUT2D eigenvalue weighted by molar-refractivity contribution is 5.83. The van der Waals surface area contributed by atoms with Crippen LogP contribution in [-0.4, -0.2) is 24.3 Å². The number of nitrogens with zero attached hydrogens (tertiary/aromatic N) is 6. The lowest BCUT2D eigenvalue weighted by atomic mass is 9.96. The maximum absolute atomic E-state index is 9.74. The number of rotatable bonds is 3. The van der Waals surface area contributed by atoms with Crippen molar-refractivity contribution in [3.8, 4) is 34.3 Å². The third-order valence-electron chi connectivity index (χ3n) is 4.49. The first kappa shape index (κ1) is 16.5. The monoisotopic (exact) mass is 355 g/mol. The Morgan fingerprint density at radius 1 is 1.19 bits per heavy atom. The molecule has 2 N–H and O–H groups in total. The Kier molecular flexibility index (Phi) is 3.94. The molecule has 4 heterocycles. The van der Waals surface area contributed by atoms with E-state index in [-0.39, 0.29) is 5.82 Å². The van der Waals surface area contributed by atoms with Crippen LogP contribution >= 0.6 is 0 Å². The fourth-order valence-corrected chi connectivity index (χ4v) is 3.26. The Morgan fingerprint density at radius 2 is 2.04 bits per heavy atom. The molecule has 7 heteroatoms. The molecule has 0 bridgehead atoms. The number of hydrogen-bond donors (Lipinski definition) is 1. The molecule has 0 spiro atoms. The summed E-state index contributed by atoms with van der Waals surface area (Å²) in [5.74, 6) is 0.205. The van der Waals surface area contributed by atoms with E-state index in [1.165, 1.54) is 0 Å². The van der Waals surface area contributed by atoms with Crippen molar-refractivity contribution in [1.82, 2.24) is 24.3 Å². The highest BCUT2D eigenvalue weighted by Gasteiger charge is 2.21. The summed E-state index contributed by atoms with van der Waals surface area (Å²) in [6.07, 6.45) is 9.06. The Bertz CT molecular complexity index is 1160. The summed E-state index contributed by atoms with van der Waals surface area (Å²) in [5.41, 5.74) is 11.5. The Balaban J connectivity index is 2.01. The molecule has 4 aromatic rings. The van der Waals surface area contributed by atoms with Crippen molar-refractivity contribution < 1.29 is 0 Å². The summed E-state index contributed by atoms with van der Waals surface area (Å²) < 4.78 is 3.70. The van der Waals surface area contributed by atoms with Crippen LogP contribution in [0, 0.1) is 18.3 Å². The number of anilines is 1. The molecule has 7 nitrogen and oxygen atoms in total. The smallest absolute Gasteiger partial charge is 0.142 e. The molecule has 0 fully saturated rings. The predicted molar refractivity (Wildman–Crippen MR) is 103 cm³/mol. The molecule has 0 saturated carbocycles. The molecule has 132 valence electrons. The number of nitrogens with two attached hydrogens (primary N) is 1. The minimum atomic E-state index is 0.205. The highest BCUT2D eigenvalue weighted by Crippen LogP contribution is 2.36. The summed E-state index contributed by atoms with van der Waals surface area (Å²) in [7, 11) is 1.85. The van der Waals surface area contributed by atoms with Crippen LogP contribution in [0.15, 0.2) is 55.2 Å². The molecule has 0 saturated heterocycles. The lowest BCUT2D eigenvalue weighted by Gasteiger charge is -2.16. The van der Waals surface area contributed by atoms with Crippen LogP contribution in [0.25, 0.3) is 28.2 Å². The molecule has 0 aromatic carbocycles. The quantitative estimate of drug-likeness (QED) is 0.609. The van der Waals surface area contributed by atoms with Gasteiger partial charge in [-0.3, -0.25) is 9.67 Å². The van der Waals surface area contributed by atoms with E-state index in [2.05, 4.69) is 21.1 Å². The summed E-state index contributed by atoms with van der Waals surface area (Å²) in [6, 6.07) is 9.95. The number of pyridine rings is 2. The van der Waals surface area contributed by atoms with E-state index in [1.807, 2.05) is 55.2 Å². The van der Waals surface area contributed by atoms with Crippen molar-refractivity contribution >= 4 is 5.82 Å². The molecule has 0 atom stereocenters. The van der Waals surface area contributed by atoms with Crippen molar-refractivity contribution in [2.75, 3.05) is 5.73 Å². The third-order valence-corrected chi connectivity index (χ3v) is 4.49. The van der Waals surface area contributed by atoms with E-state index in [9.17, 15) is 5.26 Å². The van der Waals surface area contributed by atoms with Crippen molar-refractivity contribution in [1.29, 1.82) is 5.26 Å². The molecule has 0 aliphatic heterocycles. The first-order valence-electron chi connectivity index (χ1n) is 8.37. The van der Waals surface area contributed by atoms with Crippen molar-refractivity contribution in [2.24, 2.45) is 7.05 Å². The van der Waals surface area contributed by atoms with E-state index in [4.69, 9.17) is 5.73 Å². The van der Waals surface area contributed by atoms with Gasteiger partial charge in [0.1, 0.15) is 17.5 Å². The van der Waals surface area contributed by atoms with E-state index in [0.29, 0.717) is 11.3 Å². The lowest BCUT2D eigenvalue weighted by Crippen LogP contribution is -2.05. The lowest BCUT2D eigenvalue weighted by molar-refractivity contribution is 0.768. The fraction of sp³-hybridized carbons (Fsp3) is 0.100.